The van der Waals surface area contributed by atoms with Gasteiger partial charge in [-0.25, -0.2) is 0 Å². The molecular formula is C23H23NO5. The number of fused-ring (bicyclic) bond motifs is 1. The second kappa shape index (κ2) is 7.99. The van der Waals surface area contributed by atoms with Crippen LogP contribution in [0.25, 0.3) is 10.8 Å². The Balaban J connectivity index is 1.41. The number of carboxylic acid groups (broad SMARTS) is 1. The number of carbonyl (C=O) groups is 2. The lowest BCUT2D eigenvalue weighted by Gasteiger charge is -2.34. The van der Waals surface area contributed by atoms with Crippen LogP contribution in [0.15, 0.2) is 59.0 Å². The highest BCUT2D eigenvalue weighted by molar-refractivity contribution is 5.92. The summed E-state index contributed by atoms with van der Waals surface area (Å²) in [6, 6.07) is 17.2. The van der Waals surface area contributed by atoms with E-state index >= 15 is 0 Å². The molecule has 4 rings (SSSR count). The molecule has 2 unspecified atom stereocenters. The fourth-order valence-corrected chi connectivity index (χ4v) is 3.83. The minimum Gasteiger partial charge on any atom is -0.486 e. The van der Waals surface area contributed by atoms with Crippen LogP contribution < -0.4 is 4.74 Å². The lowest BCUT2D eigenvalue weighted by Crippen LogP contribution is -2.45. The lowest BCUT2D eigenvalue weighted by molar-refractivity contribution is -0.143. The molecule has 3 aromatic rings. The molecule has 1 saturated heterocycles. The minimum atomic E-state index is -0.863. The molecular weight excluding hydrogens is 370 g/mol. The third-order valence-electron chi connectivity index (χ3n) is 5.27. The smallest absolute Gasteiger partial charge is 0.308 e. The molecule has 29 heavy (non-hydrogen) atoms. The number of piperidine rings is 1. The normalized spacial score (nSPS) is 19.3. The van der Waals surface area contributed by atoms with E-state index < -0.39 is 11.9 Å². The van der Waals surface area contributed by atoms with Crippen LogP contribution in [0.4, 0.5) is 0 Å². The summed E-state index contributed by atoms with van der Waals surface area (Å²) in [5, 5.41) is 11.5. The number of aliphatic carboxylic acids is 1. The van der Waals surface area contributed by atoms with Crippen molar-refractivity contribution in [3.05, 3.63) is 66.1 Å². The van der Waals surface area contributed by atoms with Gasteiger partial charge in [0.1, 0.15) is 18.1 Å². The number of ether oxygens (including phenoxy) is 1. The van der Waals surface area contributed by atoms with Gasteiger partial charge in [0.25, 0.3) is 5.91 Å². The van der Waals surface area contributed by atoms with E-state index in [-0.39, 0.29) is 30.7 Å². The summed E-state index contributed by atoms with van der Waals surface area (Å²) in [6.07, 6.45) is 0.585. The number of carboxylic acids is 1. The fourth-order valence-electron chi connectivity index (χ4n) is 3.83. The van der Waals surface area contributed by atoms with E-state index in [1.54, 1.807) is 17.0 Å². The van der Waals surface area contributed by atoms with Crippen molar-refractivity contribution in [1.29, 1.82) is 0 Å². The maximum atomic E-state index is 12.7. The summed E-state index contributed by atoms with van der Waals surface area (Å²) in [5.74, 6) is -0.0605. The molecule has 1 amide bonds. The number of hydrogen-bond acceptors (Lipinski definition) is 4. The van der Waals surface area contributed by atoms with E-state index in [2.05, 4.69) is 0 Å². The molecule has 1 N–H and O–H groups in total. The summed E-state index contributed by atoms with van der Waals surface area (Å²) >= 11 is 0. The van der Waals surface area contributed by atoms with Crippen molar-refractivity contribution in [2.75, 3.05) is 13.1 Å². The molecule has 2 heterocycles. The number of hydrogen-bond donors (Lipinski definition) is 1. The number of nitrogens with zero attached hydrogens (tertiary/aromatic N) is 1. The summed E-state index contributed by atoms with van der Waals surface area (Å²) < 4.78 is 11.5. The molecule has 2 atom stereocenters. The number of rotatable bonds is 5. The molecule has 1 aliphatic rings. The first-order valence-electron chi connectivity index (χ1n) is 9.72. The second-order valence-corrected chi connectivity index (χ2v) is 7.65. The van der Waals surface area contributed by atoms with Crippen molar-refractivity contribution in [3.63, 3.8) is 0 Å². The monoisotopic (exact) mass is 393 g/mol. The first kappa shape index (κ1) is 19.1. The van der Waals surface area contributed by atoms with Gasteiger partial charge in [0.2, 0.25) is 0 Å². The zero-order valence-electron chi connectivity index (χ0n) is 16.2. The van der Waals surface area contributed by atoms with Gasteiger partial charge >= 0.3 is 5.97 Å². The van der Waals surface area contributed by atoms with Crippen molar-refractivity contribution >= 4 is 22.6 Å². The van der Waals surface area contributed by atoms with Gasteiger partial charge in [-0.2, -0.15) is 0 Å². The van der Waals surface area contributed by atoms with Crippen molar-refractivity contribution in [1.82, 2.24) is 4.90 Å². The maximum Gasteiger partial charge on any atom is 0.308 e. The first-order valence-corrected chi connectivity index (χ1v) is 9.72. The number of benzene rings is 2. The van der Waals surface area contributed by atoms with Gasteiger partial charge in [0.05, 0.1) is 5.92 Å². The Morgan fingerprint density at radius 2 is 1.90 bits per heavy atom. The van der Waals surface area contributed by atoms with Crippen LogP contribution in [0.1, 0.15) is 29.7 Å². The van der Waals surface area contributed by atoms with Gasteiger partial charge in [-0.3, -0.25) is 9.59 Å². The molecule has 0 bridgehead atoms. The molecule has 0 aliphatic carbocycles. The summed E-state index contributed by atoms with van der Waals surface area (Å²) in [7, 11) is 0. The van der Waals surface area contributed by atoms with Gasteiger partial charge in [0.15, 0.2) is 5.76 Å². The zero-order valence-corrected chi connectivity index (χ0v) is 16.2. The Morgan fingerprint density at radius 3 is 2.69 bits per heavy atom. The molecule has 1 aromatic heterocycles. The predicted molar refractivity (Wildman–Crippen MR) is 108 cm³/mol. The van der Waals surface area contributed by atoms with E-state index in [1.807, 2.05) is 49.4 Å². The van der Waals surface area contributed by atoms with E-state index in [0.717, 1.165) is 16.5 Å². The number of furan rings is 1. The first-order chi connectivity index (χ1) is 14.0. The van der Waals surface area contributed by atoms with E-state index in [0.29, 0.717) is 18.7 Å². The Bertz CT molecular complexity index is 1040. The number of carbonyl (C=O) groups excluding carboxylic acids is 1. The summed E-state index contributed by atoms with van der Waals surface area (Å²) in [4.78, 5) is 25.6. The molecule has 150 valence electrons. The third kappa shape index (κ3) is 4.26. The quantitative estimate of drug-likeness (QED) is 0.703. The van der Waals surface area contributed by atoms with Crippen LogP contribution in [0.3, 0.4) is 0 Å². The number of amides is 1. The Labute approximate surface area is 168 Å². The average molecular weight is 393 g/mol. The highest BCUT2D eigenvalue weighted by atomic mass is 16.5. The van der Waals surface area contributed by atoms with Crippen LogP contribution in [0.5, 0.6) is 5.75 Å². The third-order valence-corrected chi connectivity index (χ3v) is 5.27. The molecule has 6 heteroatoms. The number of likely N-dealkylation sites (tertiary alicyclic amines) is 1. The zero-order chi connectivity index (χ0) is 20.4. The van der Waals surface area contributed by atoms with Gasteiger partial charge < -0.3 is 19.2 Å². The van der Waals surface area contributed by atoms with E-state index in [1.165, 1.54) is 0 Å². The van der Waals surface area contributed by atoms with Gasteiger partial charge in [0, 0.05) is 13.1 Å². The van der Waals surface area contributed by atoms with E-state index in [9.17, 15) is 14.7 Å². The van der Waals surface area contributed by atoms with Crippen LogP contribution >= 0.6 is 0 Å². The van der Waals surface area contributed by atoms with Crippen LogP contribution in [0, 0.1) is 11.8 Å². The molecule has 0 radical (unpaired) electrons. The Morgan fingerprint density at radius 1 is 1.10 bits per heavy atom. The van der Waals surface area contributed by atoms with Gasteiger partial charge in [-0.15, -0.1) is 0 Å². The predicted octanol–water partition coefficient (Wildman–Crippen LogP) is 4.19. The van der Waals surface area contributed by atoms with Crippen LogP contribution in [-0.4, -0.2) is 35.0 Å². The molecule has 0 saturated carbocycles. The van der Waals surface area contributed by atoms with Gasteiger partial charge in [-0.05, 0) is 47.4 Å². The Kier molecular flexibility index (Phi) is 5.25. The van der Waals surface area contributed by atoms with Crippen molar-refractivity contribution in [3.8, 4) is 5.75 Å². The fraction of sp³-hybridized carbons (Fsp3) is 0.304. The molecule has 1 aliphatic heterocycles. The molecule has 1 fully saturated rings. The van der Waals surface area contributed by atoms with E-state index in [4.69, 9.17) is 9.15 Å². The average Bonchev–Trinajstić information content (AvgIpc) is 3.20. The lowest BCUT2D eigenvalue weighted by atomic mass is 9.90. The summed E-state index contributed by atoms with van der Waals surface area (Å²) in [6.45, 7) is 2.91. The highest BCUT2D eigenvalue weighted by Crippen LogP contribution is 2.25. The molecule has 6 nitrogen and oxygen atoms in total. The molecule has 2 aromatic carbocycles. The minimum absolute atomic E-state index is 0.138. The summed E-state index contributed by atoms with van der Waals surface area (Å²) in [5.41, 5.74) is 0. The molecule has 0 spiro atoms. The standard InChI is InChI=1S/C23H23NO5/c1-15-10-18(23(26)27)13-24(12-15)22(25)21-9-8-20(29-21)14-28-19-7-6-16-4-2-3-5-17(16)11-19/h2-9,11,15,18H,10,12-14H2,1H3,(H,26,27). The van der Waals surface area contributed by atoms with Crippen molar-refractivity contribution in [2.24, 2.45) is 11.8 Å². The van der Waals surface area contributed by atoms with Crippen LogP contribution in [0.2, 0.25) is 0 Å². The van der Waals surface area contributed by atoms with Gasteiger partial charge in [-0.1, -0.05) is 37.3 Å². The van der Waals surface area contributed by atoms with Crippen molar-refractivity contribution in [2.45, 2.75) is 20.0 Å². The SMILES string of the molecule is CC1CC(C(=O)O)CN(C(=O)c2ccc(COc3ccc4ccccc4c3)o2)C1. The maximum absolute atomic E-state index is 12.7. The second-order valence-electron chi connectivity index (χ2n) is 7.65. The highest BCUT2D eigenvalue weighted by Gasteiger charge is 2.33. The topological polar surface area (TPSA) is 80.0 Å². The van der Waals surface area contributed by atoms with Crippen molar-refractivity contribution < 1.29 is 23.8 Å². The van der Waals surface area contributed by atoms with Crippen LogP contribution in [-0.2, 0) is 11.4 Å². The largest absolute Gasteiger partial charge is 0.486 e. The Hall–Kier alpha value is -3.28.